The first kappa shape index (κ1) is 31.0. The van der Waals surface area contributed by atoms with Crippen LogP contribution in [0, 0.1) is 5.82 Å². The number of piperazine rings is 1. The molecule has 9 rings (SSSR count). The van der Waals surface area contributed by atoms with Gasteiger partial charge < -0.3 is 38.5 Å². The number of pyridine rings is 1. The zero-order valence-electron chi connectivity index (χ0n) is 27.7. The largest absolute Gasteiger partial charge is 0.456 e. The number of morpholine rings is 1. The lowest BCUT2D eigenvalue weighted by atomic mass is 10.0. The van der Waals surface area contributed by atoms with Crippen LogP contribution in [0.5, 0.6) is 11.5 Å². The summed E-state index contributed by atoms with van der Waals surface area (Å²) in [6.45, 7) is 6.19. The van der Waals surface area contributed by atoms with Gasteiger partial charge in [0.25, 0.3) is 5.91 Å². The maximum atomic E-state index is 16.5. The van der Waals surface area contributed by atoms with Gasteiger partial charge in [0.2, 0.25) is 11.3 Å². The van der Waals surface area contributed by atoms with Gasteiger partial charge in [-0.1, -0.05) is 18.2 Å². The van der Waals surface area contributed by atoms with E-state index in [1.54, 1.807) is 15.7 Å². The molecule has 2 aromatic heterocycles. The summed E-state index contributed by atoms with van der Waals surface area (Å²) < 4.78 is 36.5. The molecule has 13 heteroatoms. The summed E-state index contributed by atoms with van der Waals surface area (Å²) in [6.07, 6.45) is 2.18. The minimum atomic E-state index is -0.630. The van der Waals surface area contributed by atoms with Crippen LogP contribution in [0.15, 0.2) is 57.9 Å². The Hall–Kier alpha value is -4.98. The number of furan rings is 1. The van der Waals surface area contributed by atoms with E-state index in [-0.39, 0.29) is 34.3 Å². The van der Waals surface area contributed by atoms with Gasteiger partial charge in [-0.05, 0) is 31.7 Å². The van der Waals surface area contributed by atoms with Gasteiger partial charge >= 0.3 is 0 Å². The van der Waals surface area contributed by atoms with Gasteiger partial charge in [-0.3, -0.25) is 19.3 Å². The third-order valence-corrected chi connectivity index (χ3v) is 10.5. The third kappa shape index (κ3) is 5.19. The highest BCUT2D eigenvalue weighted by molar-refractivity contribution is 6.07. The van der Waals surface area contributed by atoms with E-state index >= 15 is 4.39 Å². The minimum absolute atomic E-state index is 0.0467. The van der Waals surface area contributed by atoms with Gasteiger partial charge in [0, 0.05) is 81.4 Å². The van der Waals surface area contributed by atoms with Crippen molar-refractivity contribution in [2.75, 3.05) is 84.1 Å². The minimum Gasteiger partial charge on any atom is -0.456 e. The smallest absolute Gasteiger partial charge is 0.259 e. The van der Waals surface area contributed by atoms with E-state index in [0.29, 0.717) is 80.5 Å². The molecule has 0 spiro atoms. The Labute approximate surface area is 286 Å². The standard InChI is InChI=1S/C37H37FN6O6/c1-40-8-10-41(11-9-40)21-32(45)39-22-6-7-43(19-22)34-27(38)16-25-33-36(34)50-31-17-24-23-4-2-3-5-29(23)49-30(24)18-28(31)44(33)20-26(35(25)46)37(47)42-12-14-48-15-13-42/h2-5,16-18,20,22H,6-15,19,21H2,1H3,(H,39,45)/t22-/m1/s1. The topological polar surface area (TPSA) is 113 Å². The van der Waals surface area contributed by atoms with Crippen molar-refractivity contribution in [1.82, 2.24) is 24.6 Å². The number of benzene rings is 3. The number of fused-ring (bicyclic) bond motifs is 5. The first-order valence-corrected chi connectivity index (χ1v) is 17.2. The Bertz CT molecular complexity index is 2250. The van der Waals surface area contributed by atoms with Gasteiger partial charge in [0.05, 0.1) is 30.8 Å². The Kier molecular flexibility index (Phi) is 7.52. The number of anilines is 1. The number of halogens is 1. The average Bonchev–Trinajstić information content (AvgIpc) is 3.73. The van der Waals surface area contributed by atoms with Crippen LogP contribution in [0.25, 0.3) is 38.5 Å². The summed E-state index contributed by atoms with van der Waals surface area (Å²) >= 11 is 0. The molecule has 1 N–H and O–H groups in total. The molecule has 3 fully saturated rings. The van der Waals surface area contributed by atoms with Crippen LogP contribution in [0.3, 0.4) is 0 Å². The number of likely N-dealkylation sites (N-methyl/N-ethyl adjacent to an activating group) is 1. The number of carbonyl (C=O) groups excluding carboxylic acids is 2. The Balaban J connectivity index is 1.12. The SMILES string of the molecule is CN1CCN(CC(=O)N[C@@H]2CCN(c3c(F)cc4c(=O)c(C(=O)N5CCOCC5)cn5c4c3Oc3cc4c(cc3-5)oc3ccccc34)C2)CC1. The third-order valence-electron chi connectivity index (χ3n) is 10.5. The molecule has 0 unspecified atom stereocenters. The summed E-state index contributed by atoms with van der Waals surface area (Å²) in [4.78, 5) is 48.7. The van der Waals surface area contributed by atoms with Crippen LogP contribution in [0.4, 0.5) is 10.1 Å². The number of rotatable bonds is 5. The van der Waals surface area contributed by atoms with Crippen molar-refractivity contribution in [3.8, 4) is 17.2 Å². The summed E-state index contributed by atoms with van der Waals surface area (Å²) in [5.41, 5.74) is 1.86. The van der Waals surface area contributed by atoms with E-state index in [1.165, 1.54) is 6.07 Å². The van der Waals surface area contributed by atoms with Gasteiger partial charge in [-0.25, -0.2) is 4.39 Å². The lowest BCUT2D eigenvalue weighted by molar-refractivity contribution is -0.123. The molecule has 2 amide bonds. The van der Waals surface area contributed by atoms with Crippen molar-refractivity contribution >= 4 is 50.3 Å². The first-order chi connectivity index (χ1) is 24.3. The molecule has 12 nitrogen and oxygen atoms in total. The molecule has 0 saturated carbocycles. The lowest BCUT2D eigenvalue weighted by Crippen LogP contribution is -2.49. The van der Waals surface area contributed by atoms with Gasteiger partial charge in [-0.2, -0.15) is 0 Å². The highest BCUT2D eigenvalue weighted by Crippen LogP contribution is 2.49. The van der Waals surface area contributed by atoms with Crippen LogP contribution in [-0.4, -0.2) is 116 Å². The Morgan fingerprint density at radius 1 is 0.940 bits per heavy atom. The monoisotopic (exact) mass is 680 g/mol. The molecule has 5 aromatic rings. The molecule has 0 aliphatic carbocycles. The predicted octanol–water partition coefficient (Wildman–Crippen LogP) is 3.55. The maximum Gasteiger partial charge on any atom is 0.259 e. The van der Waals surface area contributed by atoms with Crippen molar-refractivity contribution < 1.29 is 27.9 Å². The summed E-state index contributed by atoms with van der Waals surface area (Å²) in [7, 11) is 2.08. The number of para-hydroxylation sites is 1. The number of aromatic nitrogens is 1. The molecule has 1 atom stereocenters. The number of hydrogen-bond donors (Lipinski definition) is 1. The maximum absolute atomic E-state index is 16.5. The Morgan fingerprint density at radius 3 is 2.56 bits per heavy atom. The summed E-state index contributed by atoms with van der Waals surface area (Å²) in [5, 5.41) is 4.93. The fraction of sp³-hybridized carbons (Fsp3) is 0.378. The van der Waals surface area contributed by atoms with E-state index in [9.17, 15) is 14.4 Å². The van der Waals surface area contributed by atoms with E-state index in [0.717, 1.165) is 37.0 Å². The molecule has 0 bridgehead atoms. The van der Waals surface area contributed by atoms with Crippen LogP contribution in [0.2, 0.25) is 0 Å². The predicted molar refractivity (Wildman–Crippen MR) is 186 cm³/mol. The number of carbonyl (C=O) groups is 2. The normalized spacial score (nSPS) is 19.7. The van der Waals surface area contributed by atoms with Crippen LogP contribution >= 0.6 is 0 Å². The fourth-order valence-electron chi connectivity index (χ4n) is 7.77. The van der Waals surface area contributed by atoms with Crippen molar-refractivity contribution in [2.45, 2.75) is 12.5 Å². The molecule has 6 heterocycles. The number of ether oxygens (including phenoxy) is 2. The van der Waals surface area contributed by atoms with Crippen LogP contribution < -0.4 is 20.4 Å². The zero-order chi connectivity index (χ0) is 34.1. The molecule has 50 heavy (non-hydrogen) atoms. The molecular formula is C37H37FN6O6. The average molecular weight is 681 g/mol. The second-order valence-corrected chi connectivity index (χ2v) is 13.7. The van der Waals surface area contributed by atoms with E-state index in [1.807, 2.05) is 41.3 Å². The number of amides is 2. The van der Waals surface area contributed by atoms with Crippen molar-refractivity contribution in [3.05, 3.63) is 70.3 Å². The van der Waals surface area contributed by atoms with E-state index in [2.05, 4.69) is 22.2 Å². The van der Waals surface area contributed by atoms with Gasteiger partial charge in [0.1, 0.15) is 27.9 Å². The Morgan fingerprint density at radius 2 is 1.74 bits per heavy atom. The molecular weight excluding hydrogens is 643 g/mol. The summed E-state index contributed by atoms with van der Waals surface area (Å²) in [5.74, 6) is -0.465. The number of nitrogens with zero attached hydrogens (tertiary/aromatic N) is 5. The highest BCUT2D eigenvalue weighted by Gasteiger charge is 2.35. The molecule has 0 radical (unpaired) electrons. The second kappa shape index (κ2) is 12.1. The number of hydrogen-bond acceptors (Lipinski definition) is 9. The molecule has 4 aliphatic rings. The second-order valence-electron chi connectivity index (χ2n) is 13.7. The molecule has 4 aliphatic heterocycles. The quantitative estimate of drug-likeness (QED) is 0.292. The van der Waals surface area contributed by atoms with Gasteiger partial charge in [0.15, 0.2) is 17.3 Å². The van der Waals surface area contributed by atoms with Gasteiger partial charge in [-0.15, -0.1) is 0 Å². The van der Waals surface area contributed by atoms with E-state index in [4.69, 9.17) is 13.9 Å². The van der Waals surface area contributed by atoms with Crippen molar-refractivity contribution in [2.24, 2.45) is 0 Å². The molecule has 258 valence electrons. The van der Waals surface area contributed by atoms with Crippen molar-refractivity contribution in [3.63, 3.8) is 0 Å². The molecule has 3 aromatic carbocycles. The molecule has 3 saturated heterocycles. The number of nitrogens with one attached hydrogen (secondary N) is 1. The highest BCUT2D eigenvalue weighted by atomic mass is 19.1. The first-order valence-electron chi connectivity index (χ1n) is 17.2. The fourth-order valence-corrected chi connectivity index (χ4v) is 7.77. The zero-order valence-corrected chi connectivity index (χ0v) is 27.7. The van der Waals surface area contributed by atoms with E-state index < -0.39 is 17.2 Å². The van der Waals surface area contributed by atoms with Crippen LogP contribution in [-0.2, 0) is 9.53 Å². The summed E-state index contributed by atoms with van der Waals surface area (Å²) in [6, 6.07) is 12.4. The van der Waals surface area contributed by atoms with Crippen LogP contribution in [0.1, 0.15) is 16.8 Å². The van der Waals surface area contributed by atoms with Crippen molar-refractivity contribution in [1.29, 1.82) is 0 Å². The lowest BCUT2D eigenvalue weighted by Gasteiger charge is -2.32.